The molecule has 22 heavy (non-hydrogen) atoms. The smallest absolute Gasteiger partial charge is 0.252 e. The van der Waals surface area contributed by atoms with Crippen LogP contribution in [0.25, 0.3) is 10.9 Å². The van der Waals surface area contributed by atoms with Gasteiger partial charge in [-0.1, -0.05) is 6.07 Å². The topological polar surface area (TPSA) is 65.2 Å². The third-order valence-electron chi connectivity index (χ3n) is 3.86. The summed E-state index contributed by atoms with van der Waals surface area (Å²) in [5, 5.41) is 3.87. The van der Waals surface area contributed by atoms with E-state index in [0.717, 1.165) is 28.8 Å². The lowest BCUT2D eigenvalue weighted by Gasteiger charge is -2.18. The van der Waals surface area contributed by atoms with Gasteiger partial charge in [-0.25, -0.2) is 0 Å². The molecule has 0 bridgehead atoms. The molecule has 1 aliphatic rings. The molecule has 0 radical (unpaired) electrons. The van der Waals surface area contributed by atoms with Gasteiger partial charge in [0.15, 0.2) is 0 Å². The Bertz CT molecular complexity index is 757. The molecule has 0 unspecified atom stereocenters. The Morgan fingerprint density at radius 3 is 2.95 bits per heavy atom. The number of pyridine rings is 1. The average molecular weight is 317 g/mol. The van der Waals surface area contributed by atoms with Gasteiger partial charge in [-0.05, 0) is 36.3 Å². The predicted molar refractivity (Wildman–Crippen MR) is 89.3 cm³/mol. The number of nitrogens with one attached hydrogen (secondary N) is 2. The molecule has 6 heteroatoms. The van der Waals surface area contributed by atoms with Crippen LogP contribution < -0.4 is 10.9 Å². The number of carbonyl (C=O) groups is 1. The number of thioether (sulfide) groups is 1. The van der Waals surface area contributed by atoms with Crippen LogP contribution in [0.3, 0.4) is 0 Å². The monoisotopic (exact) mass is 317 g/mol. The fourth-order valence-corrected chi connectivity index (χ4v) is 3.15. The Kier molecular flexibility index (Phi) is 4.49. The van der Waals surface area contributed by atoms with Gasteiger partial charge in [0.2, 0.25) is 5.91 Å². The van der Waals surface area contributed by atoms with Crippen LogP contribution in [0.15, 0.2) is 34.0 Å². The van der Waals surface area contributed by atoms with Gasteiger partial charge in [-0.3, -0.25) is 14.5 Å². The number of benzene rings is 1. The maximum atomic E-state index is 12.3. The number of H-pyrrole nitrogens is 1. The largest absolute Gasteiger partial charge is 0.355 e. The summed E-state index contributed by atoms with van der Waals surface area (Å²) in [4.78, 5) is 30.0. The molecule has 2 N–H and O–H groups in total. The van der Waals surface area contributed by atoms with Crippen LogP contribution in [-0.4, -0.2) is 41.7 Å². The van der Waals surface area contributed by atoms with Crippen molar-refractivity contribution in [2.24, 2.45) is 0 Å². The van der Waals surface area contributed by atoms with Crippen molar-refractivity contribution in [3.63, 3.8) is 0 Å². The van der Waals surface area contributed by atoms with Crippen molar-refractivity contribution in [1.29, 1.82) is 0 Å². The highest BCUT2D eigenvalue weighted by Gasteiger charge is 2.16. The molecule has 5 nitrogen and oxygen atoms in total. The van der Waals surface area contributed by atoms with Crippen LogP contribution in [0.5, 0.6) is 0 Å². The molecule has 1 aromatic heterocycles. The Morgan fingerprint density at radius 2 is 2.14 bits per heavy atom. The molecule has 1 saturated heterocycles. The second-order valence-corrected chi connectivity index (χ2v) is 6.37. The van der Waals surface area contributed by atoms with Gasteiger partial charge in [0.05, 0.1) is 6.54 Å². The van der Waals surface area contributed by atoms with Crippen molar-refractivity contribution in [1.82, 2.24) is 15.2 Å². The standard InChI is InChI=1S/C16H19N3O2S/c1-22-13-4-3-11-7-12(16(21)18-14(11)8-13)9-19-6-2-5-17-15(20)10-19/h3-4,7-8H,2,5-6,9-10H2,1H3,(H,17,20)(H,18,21). The van der Waals surface area contributed by atoms with Crippen LogP contribution in [0, 0.1) is 0 Å². The molecule has 0 aliphatic carbocycles. The lowest BCUT2D eigenvalue weighted by Crippen LogP contribution is -2.34. The van der Waals surface area contributed by atoms with E-state index in [4.69, 9.17) is 0 Å². The molecular weight excluding hydrogens is 298 g/mol. The van der Waals surface area contributed by atoms with E-state index in [1.54, 1.807) is 11.8 Å². The first kappa shape index (κ1) is 15.1. The Labute approximate surface area is 133 Å². The zero-order valence-electron chi connectivity index (χ0n) is 12.5. The third kappa shape index (κ3) is 3.34. The normalized spacial score (nSPS) is 16.5. The number of nitrogens with zero attached hydrogens (tertiary/aromatic N) is 1. The molecule has 3 rings (SSSR count). The summed E-state index contributed by atoms with van der Waals surface area (Å²) in [6.07, 6.45) is 2.92. The molecule has 1 fully saturated rings. The summed E-state index contributed by atoms with van der Waals surface area (Å²) in [5.74, 6) is 0.0272. The second-order valence-electron chi connectivity index (χ2n) is 5.49. The fourth-order valence-electron chi connectivity index (χ4n) is 2.71. The van der Waals surface area contributed by atoms with Crippen molar-refractivity contribution in [3.8, 4) is 0 Å². The number of aromatic nitrogens is 1. The van der Waals surface area contributed by atoms with E-state index < -0.39 is 0 Å². The zero-order valence-corrected chi connectivity index (χ0v) is 13.3. The third-order valence-corrected chi connectivity index (χ3v) is 4.59. The molecule has 0 atom stereocenters. The Morgan fingerprint density at radius 1 is 1.27 bits per heavy atom. The summed E-state index contributed by atoms with van der Waals surface area (Å²) >= 11 is 1.65. The van der Waals surface area contributed by atoms with Gasteiger partial charge in [-0.2, -0.15) is 0 Å². The van der Waals surface area contributed by atoms with Gasteiger partial charge in [0, 0.05) is 35.6 Å². The van der Waals surface area contributed by atoms with E-state index >= 15 is 0 Å². The molecule has 1 amide bonds. The minimum Gasteiger partial charge on any atom is -0.355 e. The number of carbonyl (C=O) groups excluding carboxylic acids is 1. The van der Waals surface area contributed by atoms with Crippen LogP contribution in [0.2, 0.25) is 0 Å². The molecule has 1 aliphatic heterocycles. The Hall–Kier alpha value is -1.79. The van der Waals surface area contributed by atoms with Crippen molar-refractivity contribution in [3.05, 3.63) is 40.2 Å². The van der Waals surface area contributed by atoms with Crippen molar-refractivity contribution in [2.75, 3.05) is 25.9 Å². The highest BCUT2D eigenvalue weighted by atomic mass is 32.2. The number of aromatic amines is 1. The summed E-state index contributed by atoms with van der Waals surface area (Å²) < 4.78 is 0. The van der Waals surface area contributed by atoms with E-state index in [1.807, 2.05) is 29.4 Å². The molecule has 1 aromatic carbocycles. The molecular formula is C16H19N3O2S. The quantitative estimate of drug-likeness (QED) is 0.844. The number of rotatable bonds is 3. The lowest BCUT2D eigenvalue weighted by molar-refractivity contribution is -0.121. The van der Waals surface area contributed by atoms with Gasteiger partial charge >= 0.3 is 0 Å². The van der Waals surface area contributed by atoms with E-state index in [-0.39, 0.29) is 11.5 Å². The summed E-state index contributed by atoms with van der Waals surface area (Å²) in [6, 6.07) is 8.00. The molecule has 0 saturated carbocycles. The maximum Gasteiger partial charge on any atom is 0.252 e. The maximum absolute atomic E-state index is 12.3. The minimum absolute atomic E-state index is 0.0272. The summed E-state index contributed by atoms with van der Waals surface area (Å²) in [5.41, 5.74) is 1.49. The average Bonchev–Trinajstić information content (AvgIpc) is 2.71. The summed E-state index contributed by atoms with van der Waals surface area (Å²) in [6.45, 7) is 2.38. The molecule has 0 spiro atoms. The van der Waals surface area contributed by atoms with Crippen LogP contribution in [0.4, 0.5) is 0 Å². The number of hydrogen-bond acceptors (Lipinski definition) is 4. The second kappa shape index (κ2) is 6.54. The summed E-state index contributed by atoms with van der Waals surface area (Å²) in [7, 11) is 0. The highest BCUT2D eigenvalue weighted by molar-refractivity contribution is 7.98. The van der Waals surface area contributed by atoms with Gasteiger partial charge < -0.3 is 10.3 Å². The first-order valence-electron chi connectivity index (χ1n) is 7.35. The van der Waals surface area contributed by atoms with Crippen LogP contribution >= 0.6 is 11.8 Å². The highest BCUT2D eigenvalue weighted by Crippen LogP contribution is 2.20. The van der Waals surface area contributed by atoms with E-state index in [1.165, 1.54) is 0 Å². The van der Waals surface area contributed by atoms with Gasteiger partial charge in [0.25, 0.3) is 5.56 Å². The lowest BCUT2D eigenvalue weighted by atomic mass is 10.1. The first-order valence-corrected chi connectivity index (χ1v) is 8.57. The van der Waals surface area contributed by atoms with Crippen molar-refractivity contribution >= 4 is 28.6 Å². The van der Waals surface area contributed by atoms with Crippen LogP contribution in [-0.2, 0) is 11.3 Å². The van der Waals surface area contributed by atoms with Crippen LogP contribution in [0.1, 0.15) is 12.0 Å². The van der Waals surface area contributed by atoms with E-state index in [9.17, 15) is 9.59 Å². The van der Waals surface area contributed by atoms with E-state index in [2.05, 4.69) is 16.4 Å². The molecule has 2 aromatic rings. The predicted octanol–water partition coefficient (Wildman–Crippen LogP) is 1.57. The molecule has 116 valence electrons. The fraction of sp³-hybridized carbons (Fsp3) is 0.375. The van der Waals surface area contributed by atoms with Gasteiger partial charge in [-0.15, -0.1) is 11.8 Å². The minimum atomic E-state index is -0.0737. The number of amides is 1. The SMILES string of the molecule is CSc1ccc2cc(CN3CCCNC(=O)C3)c(=O)[nH]c2c1. The van der Waals surface area contributed by atoms with Gasteiger partial charge in [0.1, 0.15) is 0 Å². The zero-order chi connectivity index (χ0) is 15.5. The number of fused-ring (bicyclic) bond motifs is 1. The number of hydrogen-bond donors (Lipinski definition) is 2. The Balaban J connectivity index is 1.88. The van der Waals surface area contributed by atoms with E-state index in [0.29, 0.717) is 25.2 Å². The van der Waals surface area contributed by atoms with Crippen molar-refractivity contribution < 1.29 is 4.79 Å². The molecule has 2 heterocycles. The van der Waals surface area contributed by atoms with Crippen molar-refractivity contribution in [2.45, 2.75) is 17.9 Å². The first-order chi connectivity index (χ1) is 10.7.